The number of amides is 2. The van der Waals surface area contributed by atoms with Crippen LogP contribution in [0.25, 0.3) is 0 Å². The van der Waals surface area contributed by atoms with E-state index < -0.39 is 11.8 Å². The molecule has 0 saturated carbocycles. The van der Waals surface area contributed by atoms with E-state index in [0.717, 1.165) is 0 Å². The Hall–Kier alpha value is -1.62. The van der Waals surface area contributed by atoms with Gasteiger partial charge in [0.2, 0.25) is 0 Å². The van der Waals surface area contributed by atoms with Crippen LogP contribution >= 0.6 is 11.6 Å². The molecule has 0 spiro atoms. The highest BCUT2D eigenvalue weighted by molar-refractivity contribution is 6.33. The number of hydrogen-bond acceptors (Lipinski definition) is 2. The van der Waals surface area contributed by atoms with Crippen molar-refractivity contribution in [1.82, 2.24) is 10.7 Å². The van der Waals surface area contributed by atoms with Crippen LogP contribution in [0, 0.1) is 5.82 Å². The summed E-state index contributed by atoms with van der Waals surface area (Å²) in [6.07, 6.45) is 1.35. The molecule has 2 N–H and O–H groups in total. The Balaban J connectivity index is 2.58. The van der Waals surface area contributed by atoms with Crippen LogP contribution in [0.1, 0.15) is 26.3 Å². The zero-order chi connectivity index (χ0) is 13.8. The summed E-state index contributed by atoms with van der Waals surface area (Å²) < 4.78 is 12.8. The quantitative estimate of drug-likeness (QED) is 0.631. The van der Waals surface area contributed by atoms with Crippen LogP contribution in [0.2, 0.25) is 5.02 Å². The third kappa shape index (κ3) is 5.14. The number of carbonyl (C=O) groups is 1. The van der Waals surface area contributed by atoms with E-state index in [-0.39, 0.29) is 10.6 Å². The van der Waals surface area contributed by atoms with E-state index in [1.54, 1.807) is 0 Å². The molecule has 0 unspecified atom stereocenters. The van der Waals surface area contributed by atoms with Crippen LogP contribution in [-0.2, 0) is 0 Å². The fourth-order valence-electron chi connectivity index (χ4n) is 1.14. The van der Waals surface area contributed by atoms with Gasteiger partial charge in [0.1, 0.15) is 5.82 Å². The van der Waals surface area contributed by atoms with Gasteiger partial charge >= 0.3 is 6.03 Å². The van der Waals surface area contributed by atoms with Gasteiger partial charge in [-0.2, -0.15) is 5.10 Å². The molecule has 0 bridgehead atoms. The van der Waals surface area contributed by atoms with Gasteiger partial charge in [0, 0.05) is 11.1 Å². The summed E-state index contributed by atoms with van der Waals surface area (Å²) >= 11 is 5.79. The molecule has 0 aliphatic carbocycles. The summed E-state index contributed by atoms with van der Waals surface area (Å²) in [4.78, 5) is 11.4. The molecular weight excluding hydrogens is 257 g/mol. The normalized spacial score (nSPS) is 11.6. The summed E-state index contributed by atoms with van der Waals surface area (Å²) in [5, 5.41) is 6.63. The zero-order valence-electron chi connectivity index (χ0n) is 10.4. The summed E-state index contributed by atoms with van der Waals surface area (Å²) in [7, 11) is 0. The lowest BCUT2D eigenvalue weighted by atomic mass is 10.1. The van der Waals surface area contributed by atoms with E-state index in [1.807, 2.05) is 20.8 Å². The van der Waals surface area contributed by atoms with Crippen molar-refractivity contribution in [1.29, 1.82) is 0 Å². The van der Waals surface area contributed by atoms with Crippen molar-refractivity contribution >= 4 is 23.8 Å². The van der Waals surface area contributed by atoms with Crippen molar-refractivity contribution in [2.45, 2.75) is 26.3 Å². The Kier molecular flexibility index (Phi) is 4.67. The minimum Gasteiger partial charge on any atom is -0.332 e. The third-order valence-corrected chi connectivity index (χ3v) is 2.15. The summed E-state index contributed by atoms with van der Waals surface area (Å²) in [5.74, 6) is -0.421. The molecule has 0 radical (unpaired) electrons. The van der Waals surface area contributed by atoms with Gasteiger partial charge in [-0.05, 0) is 39.0 Å². The number of rotatable bonds is 2. The molecule has 4 nitrogen and oxygen atoms in total. The maximum absolute atomic E-state index is 12.8. The number of nitrogens with one attached hydrogen (secondary N) is 2. The van der Waals surface area contributed by atoms with E-state index >= 15 is 0 Å². The molecule has 0 heterocycles. The van der Waals surface area contributed by atoms with Gasteiger partial charge in [0.05, 0.1) is 11.2 Å². The van der Waals surface area contributed by atoms with Crippen molar-refractivity contribution < 1.29 is 9.18 Å². The molecule has 0 aliphatic rings. The van der Waals surface area contributed by atoms with E-state index in [2.05, 4.69) is 15.8 Å². The first kappa shape index (κ1) is 14.4. The van der Waals surface area contributed by atoms with Crippen molar-refractivity contribution in [3.8, 4) is 0 Å². The van der Waals surface area contributed by atoms with Gasteiger partial charge in [-0.1, -0.05) is 11.6 Å². The van der Waals surface area contributed by atoms with Gasteiger partial charge in [0.25, 0.3) is 0 Å². The van der Waals surface area contributed by atoms with Crippen LogP contribution in [0.15, 0.2) is 23.3 Å². The molecule has 2 amide bonds. The Bertz CT molecular complexity index is 469. The highest BCUT2D eigenvalue weighted by Gasteiger charge is 2.12. The number of hydrazone groups is 1. The molecule has 0 atom stereocenters. The largest absolute Gasteiger partial charge is 0.335 e. The second kappa shape index (κ2) is 5.82. The molecule has 1 rings (SSSR count). The maximum atomic E-state index is 12.8. The number of benzene rings is 1. The van der Waals surface area contributed by atoms with Gasteiger partial charge in [-0.25, -0.2) is 14.6 Å². The number of nitrogens with zero attached hydrogens (tertiary/aromatic N) is 1. The lowest BCUT2D eigenvalue weighted by Gasteiger charge is -2.19. The third-order valence-electron chi connectivity index (χ3n) is 1.82. The highest BCUT2D eigenvalue weighted by atomic mass is 35.5. The van der Waals surface area contributed by atoms with Gasteiger partial charge < -0.3 is 5.32 Å². The standard InChI is InChI=1S/C12H15ClFN3O/c1-12(2,3)16-11(18)17-15-7-8-4-5-9(14)6-10(8)13/h4-7H,1-3H3,(H2,16,17,18)/b15-7+. The molecular formula is C12H15ClFN3O. The maximum Gasteiger partial charge on any atom is 0.335 e. The van der Waals surface area contributed by atoms with Crippen molar-refractivity contribution in [2.24, 2.45) is 5.10 Å². The average Bonchev–Trinajstić information content (AvgIpc) is 2.18. The average molecular weight is 272 g/mol. The minimum atomic E-state index is -0.421. The molecule has 0 aliphatic heterocycles. The monoisotopic (exact) mass is 271 g/mol. The highest BCUT2D eigenvalue weighted by Crippen LogP contribution is 2.14. The topological polar surface area (TPSA) is 53.5 Å². The van der Waals surface area contributed by atoms with E-state index in [4.69, 9.17) is 11.6 Å². The Morgan fingerprint density at radius 3 is 2.67 bits per heavy atom. The molecule has 0 aromatic heterocycles. The van der Waals surface area contributed by atoms with Crippen LogP contribution in [-0.4, -0.2) is 17.8 Å². The summed E-state index contributed by atoms with van der Waals surface area (Å²) in [6.45, 7) is 5.56. The molecule has 98 valence electrons. The fraction of sp³-hybridized carbons (Fsp3) is 0.333. The summed E-state index contributed by atoms with van der Waals surface area (Å²) in [5.41, 5.74) is 2.48. The van der Waals surface area contributed by atoms with Crippen molar-refractivity contribution in [3.05, 3.63) is 34.6 Å². The number of halogens is 2. The van der Waals surface area contributed by atoms with Crippen molar-refractivity contribution in [2.75, 3.05) is 0 Å². The zero-order valence-corrected chi connectivity index (χ0v) is 11.2. The number of carbonyl (C=O) groups excluding carboxylic acids is 1. The van der Waals surface area contributed by atoms with Gasteiger partial charge in [0.15, 0.2) is 0 Å². The first-order valence-electron chi connectivity index (χ1n) is 5.34. The molecule has 18 heavy (non-hydrogen) atoms. The lowest BCUT2D eigenvalue weighted by Crippen LogP contribution is -2.44. The summed E-state index contributed by atoms with van der Waals surface area (Å²) in [6, 6.07) is 3.50. The van der Waals surface area contributed by atoms with Crippen LogP contribution in [0.5, 0.6) is 0 Å². The number of urea groups is 1. The Labute approximate surface area is 110 Å². The van der Waals surface area contributed by atoms with Crippen LogP contribution in [0.3, 0.4) is 0 Å². The molecule has 1 aromatic rings. The van der Waals surface area contributed by atoms with Gasteiger partial charge in [-0.3, -0.25) is 0 Å². The predicted molar refractivity (Wildman–Crippen MR) is 70.4 cm³/mol. The first-order chi connectivity index (χ1) is 8.28. The second-order valence-electron chi connectivity index (χ2n) is 4.74. The smallest absolute Gasteiger partial charge is 0.332 e. The first-order valence-corrected chi connectivity index (χ1v) is 5.72. The lowest BCUT2D eigenvalue weighted by molar-refractivity contribution is 0.232. The van der Waals surface area contributed by atoms with Gasteiger partial charge in [-0.15, -0.1) is 0 Å². The van der Waals surface area contributed by atoms with E-state index in [0.29, 0.717) is 5.56 Å². The van der Waals surface area contributed by atoms with Crippen LogP contribution in [0.4, 0.5) is 9.18 Å². The SMILES string of the molecule is CC(C)(C)NC(=O)N/N=C/c1ccc(F)cc1Cl. The van der Waals surface area contributed by atoms with E-state index in [1.165, 1.54) is 24.4 Å². The Morgan fingerprint density at radius 1 is 1.44 bits per heavy atom. The minimum absolute atomic E-state index is 0.233. The van der Waals surface area contributed by atoms with Crippen molar-refractivity contribution in [3.63, 3.8) is 0 Å². The fourth-order valence-corrected chi connectivity index (χ4v) is 1.35. The molecule has 0 fully saturated rings. The Morgan fingerprint density at radius 2 is 2.11 bits per heavy atom. The van der Waals surface area contributed by atoms with E-state index in [9.17, 15) is 9.18 Å². The molecule has 1 aromatic carbocycles. The van der Waals surface area contributed by atoms with Crippen LogP contribution < -0.4 is 10.7 Å². The molecule has 0 saturated heterocycles. The second-order valence-corrected chi connectivity index (χ2v) is 5.15. The predicted octanol–water partition coefficient (Wildman–Crippen LogP) is 2.91. The molecule has 6 heteroatoms. The number of hydrogen-bond donors (Lipinski definition) is 2.